The average Bonchev–Trinajstić information content (AvgIpc) is 2.31. The molecular formula is C14H28O2. The molecule has 1 aliphatic rings. The van der Waals surface area contributed by atoms with E-state index in [0.717, 1.165) is 51.4 Å². The quantitative estimate of drug-likeness (QED) is 0.683. The maximum atomic E-state index is 10.4. The highest BCUT2D eigenvalue weighted by Gasteiger charge is 2.40. The van der Waals surface area contributed by atoms with Crippen LogP contribution in [0.2, 0.25) is 0 Å². The van der Waals surface area contributed by atoms with Gasteiger partial charge in [0.1, 0.15) is 0 Å². The lowest BCUT2D eigenvalue weighted by molar-refractivity contribution is -0.244. The van der Waals surface area contributed by atoms with E-state index >= 15 is 0 Å². The van der Waals surface area contributed by atoms with Crippen molar-refractivity contribution in [1.82, 2.24) is 0 Å². The van der Waals surface area contributed by atoms with Gasteiger partial charge < -0.3 is 10.2 Å². The highest BCUT2D eigenvalue weighted by Crippen LogP contribution is 2.38. The van der Waals surface area contributed by atoms with Gasteiger partial charge in [0.05, 0.1) is 0 Å². The van der Waals surface area contributed by atoms with Gasteiger partial charge in [-0.15, -0.1) is 0 Å². The van der Waals surface area contributed by atoms with Crippen LogP contribution in [-0.2, 0) is 0 Å². The first kappa shape index (κ1) is 14.0. The fourth-order valence-corrected chi connectivity index (χ4v) is 3.03. The van der Waals surface area contributed by atoms with E-state index in [2.05, 4.69) is 13.8 Å². The summed E-state index contributed by atoms with van der Waals surface area (Å²) in [5.74, 6) is -1.23. The zero-order chi connectivity index (χ0) is 12.0. The standard InChI is InChI=1S/C14H28O2/c1-3-5-9-12(4-2)14(15,16)13-10-7-6-8-11-13/h12-13,15-16H,3-11H2,1-2H3. The number of hydrogen-bond donors (Lipinski definition) is 2. The summed E-state index contributed by atoms with van der Waals surface area (Å²) in [7, 11) is 0. The first-order chi connectivity index (χ1) is 7.62. The van der Waals surface area contributed by atoms with Crippen LogP contribution in [0.5, 0.6) is 0 Å². The van der Waals surface area contributed by atoms with Gasteiger partial charge in [0.15, 0.2) is 5.79 Å². The molecule has 0 aromatic heterocycles. The molecule has 0 heterocycles. The molecule has 96 valence electrons. The zero-order valence-electron chi connectivity index (χ0n) is 10.9. The summed E-state index contributed by atoms with van der Waals surface area (Å²) in [6.45, 7) is 4.23. The Kier molecular flexibility index (Phi) is 5.77. The van der Waals surface area contributed by atoms with Gasteiger partial charge in [0.25, 0.3) is 0 Å². The topological polar surface area (TPSA) is 40.5 Å². The van der Waals surface area contributed by atoms with Crippen LogP contribution in [0.15, 0.2) is 0 Å². The Morgan fingerprint density at radius 2 is 1.75 bits per heavy atom. The molecule has 2 heteroatoms. The summed E-state index contributed by atoms with van der Waals surface area (Å²) in [6.07, 6.45) is 9.66. The normalized spacial score (nSPS) is 21.0. The number of unbranched alkanes of at least 4 members (excludes halogenated alkanes) is 1. The van der Waals surface area contributed by atoms with Crippen LogP contribution >= 0.6 is 0 Å². The van der Waals surface area contributed by atoms with E-state index < -0.39 is 5.79 Å². The maximum Gasteiger partial charge on any atom is 0.168 e. The van der Waals surface area contributed by atoms with Crippen molar-refractivity contribution < 1.29 is 10.2 Å². The molecule has 2 nitrogen and oxygen atoms in total. The summed E-state index contributed by atoms with van der Waals surface area (Å²) in [6, 6.07) is 0. The van der Waals surface area contributed by atoms with Gasteiger partial charge in [-0.3, -0.25) is 0 Å². The van der Waals surface area contributed by atoms with Crippen LogP contribution in [0.1, 0.15) is 71.6 Å². The maximum absolute atomic E-state index is 10.4. The van der Waals surface area contributed by atoms with Crippen LogP contribution < -0.4 is 0 Å². The third kappa shape index (κ3) is 3.46. The van der Waals surface area contributed by atoms with Gasteiger partial charge in [-0.2, -0.15) is 0 Å². The summed E-state index contributed by atoms with van der Waals surface area (Å²) in [5.41, 5.74) is 0. The Bertz CT molecular complexity index is 183. The smallest absolute Gasteiger partial charge is 0.168 e. The Morgan fingerprint density at radius 3 is 2.25 bits per heavy atom. The first-order valence-electron chi connectivity index (χ1n) is 7.07. The lowest BCUT2D eigenvalue weighted by Crippen LogP contribution is -2.45. The van der Waals surface area contributed by atoms with Gasteiger partial charge in [0.2, 0.25) is 0 Å². The Balaban J connectivity index is 2.56. The van der Waals surface area contributed by atoms with E-state index in [0.29, 0.717) is 0 Å². The van der Waals surface area contributed by atoms with Gasteiger partial charge in [-0.1, -0.05) is 46.0 Å². The largest absolute Gasteiger partial charge is 0.365 e. The van der Waals surface area contributed by atoms with Crippen molar-refractivity contribution in [2.75, 3.05) is 0 Å². The molecule has 1 fully saturated rings. The Labute approximate surface area is 100 Å². The Morgan fingerprint density at radius 1 is 1.12 bits per heavy atom. The highest BCUT2D eigenvalue weighted by molar-refractivity contribution is 4.84. The molecule has 1 atom stereocenters. The summed E-state index contributed by atoms with van der Waals surface area (Å²) >= 11 is 0. The minimum atomic E-state index is -1.41. The van der Waals surface area contributed by atoms with Crippen molar-refractivity contribution >= 4 is 0 Å². The SMILES string of the molecule is CCCCC(CC)C(O)(O)C1CCCCC1. The van der Waals surface area contributed by atoms with E-state index in [1.807, 2.05) is 0 Å². The van der Waals surface area contributed by atoms with Crippen molar-refractivity contribution in [3.63, 3.8) is 0 Å². The molecule has 0 aromatic rings. The van der Waals surface area contributed by atoms with Gasteiger partial charge in [-0.25, -0.2) is 0 Å². The molecule has 0 spiro atoms. The second kappa shape index (κ2) is 6.61. The van der Waals surface area contributed by atoms with Crippen LogP contribution in [0.25, 0.3) is 0 Å². The highest BCUT2D eigenvalue weighted by atomic mass is 16.5. The molecular weight excluding hydrogens is 200 g/mol. The molecule has 1 rings (SSSR count). The molecule has 1 aliphatic carbocycles. The number of aliphatic hydroxyl groups is 2. The molecule has 0 amide bonds. The molecule has 2 N–H and O–H groups in total. The number of rotatable bonds is 6. The predicted molar refractivity (Wildman–Crippen MR) is 67.0 cm³/mol. The lowest BCUT2D eigenvalue weighted by Gasteiger charge is -2.39. The van der Waals surface area contributed by atoms with Gasteiger partial charge in [0, 0.05) is 11.8 Å². The second-order valence-electron chi connectivity index (χ2n) is 5.37. The average molecular weight is 228 g/mol. The van der Waals surface area contributed by atoms with Crippen molar-refractivity contribution in [3.8, 4) is 0 Å². The van der Waals surface area contributed by atoms with Crippen LogP contribution in [0, 0.1) is 11.8 Å². The first-order valence-corrected chi connectivity index (χ1v) is 7.07. The third-order valence-corrected chi connectivity index (χ3v) is 4.21. The fraction of sp³-hybridized carbons (Fsp3) is 1.00. The van der Waals surface area contributed by atoms with E-state index in [-0.39, 0.29) is 11.8 Å². The summed E-state index contributed by atoms with van der Waals surface area (Å²) < 4.78 is 0. The summed E-state index contributed by atoms with van der Waals surface area (Å²) in [5, 5.41) is 20.8. The van der Waals surface area contributed by atoms with Crippen molar-refractivity contribution in [3.05, 3.63) is 0 Å². The molecule has 0 bridgehead atoms. The second-order valence-corrected chi connectivity index (χ2v) is 5.37. The van der Waals surface area contributed by atoms with E-state index in [1.54, 1.807) is 0 Å². The molecule has 0 saturated heterocycles. The van der Waals surface area contributed by atoms with Crippen molar-refractivity contribution in [2.24, 2.45) is 11.8 Å². The van der Waals surface area contributed by atoms with Crippen molar-refractivity contribution in [2.45, 2.75) is 77.4 Å². The van der Waals surface area contributed by atoms with E-state index in [1.165, 1.54) is 6.42 Å². The zero-order valence-corrected chi connectivity index (χ0v) is 10.9. The van der Waals surface area contributed by atoms with E-state index in [4.69, 9.17) is 0 Å². The van der Waals surface area contributed by atoms with E-state index in [9.17, 15) is 10.2 Å². The monoisotopic (exact) mass is 228 g/mol. The molecule has 1 saturated carbocycles. The summed E-state index contributed by atoms with van der Waals surface area (Å²) in [4.78, 5) is 0. The fourth-order valence-electron chi connectivity index (χ4n) is 3.03. The van der Waals surface area contributed by atoms with Gasteiger partial charge in [-0.05, 0) is 25.7 Å². The van der Waals surface area contributed by atoms with Crippen molar-refractivity contribution in [1.29, 1.82) is 0 Å². The minimum absolute atomic E-state index is 0.0653. The number of hydrogen-bond acceptors (Lipinski definition) is 2. The molecule has 16 heavy (non-hydrogen) atoms. The van der Waals surface area contributed by atoms with Crippen LogP contribution in [0.4, 0.5) is 0 Å². The molecule has 1 unspecified atom stereocenters. The molecule has 0 radical (unpaired) electrons. The van der Waals surface area contributed by atoms with Crippen LogP contribution in [-0.4, -0.2) is 16.0 Å². The van der Waals surface area contributed by atoms with Gasteiger partial charge >= 0.3 is 0 Å². The van der Waals surface area contributed by atoms with Crippen LogP contribution in [0.3, 0.4) is 0 Å². The molecule has 0 aliphatic heterocycles. The molecule has 0 aromatic carbocycles. The Hall–Kier alpha value is -0.0800. The lowest BCUT2D eigenvalue weighted by atomic mass is 9.75. The minimum Gasteiger partial charge on any atom is -0.365 e. The predicted octanol–water partition coefficient (Wildman–Crippen LogP) is 3.46. The third-order valence-electron chi connectivity index (χ3n) is 4.21.